The smallest absolute Gasteiger partial charge is 0.265 e. The van der Waals surface area contributed by atoms with Crippen molar-refractivity contribution in [2.24, 2.45) is 0 Å². The molecular formula is C26H33N3O3S2. The van der Waals surface area contributed by atoms with Gasteiger partial charge in [-0.2, -0.15) is 0 Å². The van der Waals surface area contributed by atoms with Gasteiger partial charge in [-0.25, -0.2) is 13.4 Å². The zero-order valence-corrected chi connectivity index (χ0v) is 22.1. The molecule has 4 rings (SSSR count). The fraction of sp³-hybridized carbons (Fsp3) is 0.423. The normalized spacial score (nSPS) is 14.7. The summed E-state index contributed by atoms with van der Waals surface area (Å²) in [6.45, 7) is 5.94. The molecule has 0 unspecified atom stereocenters. The molecule has 1 fully saturated rings. The Labute approximate surface area is 207 Å². The Hall–Kier alpha value is -2.58. The Morgan fingerprint density at radius 1 is 1.03 bits per heavy atom. The third-order valence-corrected chi connectivity index (χ3v) is 9.38. The Balaban J connectivity index is 1.67. The van der Waals surface area contributed by atoms with Crippen LogP contribution in [0.3, 0.4) is 0 Å². The molecule has 1 aromatic heterocycles. The van der Waals surface area contributed by atoms with Crippen molar-refractivity contribution in [2.75, 3.05) is 23.8 Å². The van der Waals surface area contributed by atoms with Gasteiger partial charge in [-0.15, -0.1) is 0 Å². The molecule has 3 aromatic rings. The van der Waals surface area contributed by atoms with E-state index < -0.39 is 10.0 Å². The molecule has 0 amide bonds. The molecule has 0 spiro atoms. The number of anilines is 2. The third-order valence-electron chi connectivity index (χ3n) is 6.68. The van der Waals surface area contributed by atoms with Crippen LogP contribution in [-0.4, -0.2) is 33.6 Å². The molecule has 0 atom stereocenters. The lowest BCUT2D eigenvalue weighted by atomic mass is 9.95. The molecule has 0 radical (unpaired) electrons. The van der Waals surface area contributed by atoms with Crippen LogP contribution < -0.4 is 14.4 Å². The second kappa shape index (κ2) is 9.96. The molecule has 6 nitrogen and oxygen atoms in total. The number of sulfonamides is 1. The molecule has 0 saturated heterocycles. The number of ether oxygens (including phenoxy) is 1. The zero-order chi connectivity index (χ0) is 24.5. The molecule has 34 heavy (non-hydrogen) atoms. The highest BCUT2D eigenvalue weighted by molar-refractivity contribution is 7.92. The lowest BCUT2D eigenvalue weighted by Gasteiger charge is -2.30. The van der Waals surface area contributed by atoms with Crippen molar-refractivity contribution in [3.63, 3.8) is 0 Å². The number of aryl methyl sites for hydroxylation is 3. The summed E-state index contributed by atoms with van der Waals surface area (Å²) < 4.78 is 34.8. The van der Waals surface area contributed by atoms with Gasteiger partial charge in [-0.05, 0) is 80.6 Å². The van der Waals surface area contributed by atoms with Crippen LogP contribution in [0.5, 0.6) is 5.75 Å². The number of hydrogen-bond acceptors (Lipinski definition) is 6. The molecule has 1 saturated carbocycles. The van der Waals surface area contributed by atoms with Gasteiger partial charge in [0.1, 0.15) is 10.6 Å². The predicted octanol–water partition coefficient (Wildman–Crippen LogP) is 6.31. The Morgan fingerprint density at radius 2 is 1.76 bits per heavy atom. The zero-order valence-electron chi connectivity index (χ0n) is 20.5. The van der Waals surface area contributed by atoms with Gasteiger partial charge >= 0.3 is 0 Å². The number of nitrogens with zero attached hydrogens (tertiary/aromatic N) is 2. The standard InChI is InChI=1S/C26H33N3O3S2/c1-17-11-13-21(15-18(17)2)28-34(30,31)24-16-20(12-14-23(24)32-5)25-19(3)27-26(33-25)29(4)22-9-7-6-8-10-22/h11-16,22,28H,6-10H2,1-5H3. The number of methoxy groups -OCH3 is 1. The summed E-state index contributed by atoms with van der Waals surface area (Å²) in [6, 6.07) is 11.3. The van der Waals surface area contributed by atoms with Gasteiger partial charge in [0, 0.05) is 18.8 Å². The summed E-state index contributed by atoms with van der Waals surface area (Å²) in [4.78, 5) is 8.21. The Bertz CT molecular complexity index is 1280. The molecule has 1 aliphatic carbocycles. The van der Waals surface area contributed by atoms with E-state index in [0.29, 0.717) is 17.5 Å². The third kappa shape index (κ3) is 5.08. The number of hydrogen-bond donors (Lipinski definition) is 1. The highest BCUT2D eigenvalue weighted by Gasteiger charge is 2.24. The van der Waals surface area contributed by atoms with Gasteiger partial charge in [-0.3, -0.25) is 4.72 Å². The largest absolute Gasteiger partial charge is 0.495 e. The summed E-state index contributed by atoms with van der Waals surface area (Å²) in [7, 11) is -0.251. The van der Waals surface area contributed by atoms with Crippen molar-refractivity contribution >= 4 is 32.2 Å². The molecule has 0 aliphatic heterocycles. The van der Waals surface area contributed by atoms with Gasteiger partial charge < -0.3 is 9.64 Å². The molecule has 0 bridgehead atoms. The highest BCUT2D eigenvalue weighted by Crippen LogP contribution is 2.39. The van der Waals surface area contributed by atoms with Crippen LogP contribution in [0, 0.1) is 20.8 Å². The number of aromatic nitrogens is 1. The first-order chi connectivity index (χ1) is 16.2. The average Bonchev–Trinajstić information content (AvgIpc) is 3.22. The maximum Gasteiger partial charge on any atom is 0.265 e. The quantitative estimate of drug-likeness (QED) is 0.412. The summed E-state index contributed by atoms with van der Waals surface area (Å²) in [5.41, 5.74) is 4.38. The van der Waals surface area contributed by atoms with E-state index in [9.17, 15) is 8.42 Å². The van der Waals surface area contributed by atoms with Crippen LogP contribution in [0.25, 0.3) is 10.4 Å². The first kappa shape index (κ1) is 24.5. The van der Waals surface area contributed by atoms with E-state index in [1.54, 1.807) is 29.5 Å². The van der Waals surface area contributed by atoms with Crippen LogP contribution in [0.4, 0.5) is 10.8 Å². The monoisotopic (exact) mass is 499 g/mol. The lowest BCUT2D eigenvalue weighted by Crippen LogP contribution is -2.33. The Kier molecular flexibility index (Phi) is 7.19. The fourth-order valence-electron chi connectivity index (χ4n) is 4.47. The number of nitrogens with one attached hydrogen (secondary N) is 1. The van der Waals surface area contributed by atoms with Crippen molar-refractivity contribution in [2.45, 2.75) is 63.8 Å². The lowest BCUT2D eigenvalue weighted by molar-refractivity contribution is 0.403. The van der Waals surface area contributed by atoms with Gasteiger partial charge in [0.15, 0.2) is 5.13 Å². The topological polar surface area (TPSA) is 71.5 Å². The molecular weight excluding hydrogens is 466 g/mol. The van der Waals surface area contributed by atoms with E-state index >= 15 is 0 Å². The summed E-state index contributed by atoms with van der Waals surface area (Å²) in [5, 5.41) is 0.980. The van der Waals surface area contributed by atoms with Gasteiger partial charge in [0.05, 0.1) is 17.7 Å². The van der Waals surface area contributed by atoms with Crippen molar-refractivity contribution in [3.8, 4) is 16.2 Å². The van der Waals surface area contributed by atoms with Crippen LogP contribution in [0.2, 0.25) is 0 Å². The van der Waals surface area contributed by atoms with Crippen molar-refractivity contribution in [1.82, 2.24) is 4.98 Å². The maximum atomic E-state index is 13.4. The summed E-state index contributed by atoms with van der Waals surface area (Å²) in [5.74, 6) is 0.307. The minimum Gasteiger partial charge on any atom is -0.495 e. The van der Waals surface area contributed by atoms with Gasteiger partial charge in [-0.1, -0.05) is 36.7 Å². The predicted molar refractivity (Wildman–Crippen MR) is 141 cm³/mol. The SMILES string of the molecule is COc1ccc(-c2sc(N(C)C3CCCCC3)nc2C)cc1S(=O)(=O)Nc1ccc(C)c(C)c1. The summed E-state index contributed by atoms with van der Waals surface area (Å²) in [6.07, 6.45) is 6.23. The van der Waals surface area contributed by atoms with Crippen molar-refractivity contribution in [3.05, 3.63) is 53.2 Å². The number of thiazole rings is 1. The van der Waals surface area contributed by atoms with Gasteiger partial charge in [0.25, 0.3) is 10.0 Å². The van der Waals surface area contributed by atoms with E-state index in [4.69, 9.17) is 9.72 Å². The van der Waals surface area contributed by atoms with E-state index in [1.165, 1.54) is 39.2 Å². The van der Waals surface area contributed by atoms with E-state index in [1.807, 2.05) is 39.0 Å². The van der Waals surface area contributed by atoms with Crippen LogP contribution >= 0.6 is 11.3 Å². The van der Waals surface area contributed by atoms with Crippen molar-refractivity contribution < 1.29 is 13.2 Å². The molecule has 8 heteroatoms. The van der Waals surface area contributed by atoms with Crippen LogP contribution in [0.15, 0.2) is 41.3 Å². The second-order valence-corrected chi connectivity index (χ2v) is 11.7. The minimum atomic E-state index is -3.86. The average molecular weight is 500 g/mol. The van der Waals surface area contributed by atoms with E-state index in [-0.39, 0.29) is 4.90 Å². The van der Waals surface area contributed by atoms with E-state index in [2.05, 4.69) is 16.7 Å². The maximum absolute atomic E-state index is 13.4. The molecule has 1 heterocycles. The first-order valence-corrected chi connectivity index (χ1v) is 14.0. The van der Waals surface area contributed by atoms with E-state index in [0.717, 1.165) is 32.4 Å². The Morgan fingerprint density at radius 3 is 2.44 bits per heavy atom. The minimum absolute atomic E-state index is 0.112. The first-order valence-electron chi connectivity index (χ1n) is 11.7. The molecule has 1 aliphatic rings. The highest BCUT2D eigenvalue weighted by atomic mass is 32.2. The number of benzene rings is 2. The fourth-order valence-corrected chi connectivity index (χ4v) is 6.81. The van der Waals surface area contributed by atoms with Crippen LogP contribution in [0.1, 0.15) is 48.9 Å². The molecule has 2 aromatic carbocycles. The second-order valence-electron chi connectivity index (χ2n) is 9.08. The number of rotatable bonds is 7. The van der Waals surface area contributed by atoms with Crippen molar-refractivity contribution in [1.29, 1.82) is 0 Å². The molecule has 182 valence electrons. The molecule has 1 N–H and O–H groups in total. The van der Waals surface area contributed by atoms with Gasteiger partial charge in [0.2, 0.25) is 0 Å². The summed E-state index contributed by atoms with van der Waals surface area (Å²) >= 11 is 1.61. The van der Waals surface area contributed by atoms with Crippen LogP contribution in [-0.2, 0) is 10.0 Å².